The van der Waals surface area contributed by atoms with E-state index in [0.717, 1.165) is 19.5 Å². The minimum absolute atomic E-state index is 0.145. The van der Waals surface area contributed by atoms with Crippen LogP contribution in [0, 0.1) is 0 Å². The van der Waals surface area contributed by atoms with Crippen LogP contribution in [0.1, 0.15) is 64.2 Å². The van der Waals surface area contributed by atoms with Gasteiger partial charge in [-0.1, -0.05) is 6.92 Å². The molecule has 0 saturated carbocycles. The van der Waals surface area contributed by atoms with Crippen molar-refractivity contribution in [3.63, 3.8) is 0 Å². The van der Waals surface area contributed by atoms with Crippen LogP contribution in [0.25, 0.3) is 0 Å². The summed E-state index contributed by atoms with van der Waals surface area (Å²) in [5.41, 5.74) is 6.41. The first-order valence-corrected chi connectivity index (χ1v) is 14.7. The van der Waals surface area contributed by atoms with Crippen LogP contribution in [0.5, 0.6) is 0 Å². The fourth-order valence-electron chi connectivity index (χ4n) is 3.92. The largest absolute Gasteiger partial charge is 0.398 e. The van der Waals surface area contributed by atoms with Gasteiger partial charge in [0.25, 0.3) is 5.91 Å². The third-order valence-electron chi connectivity index (χ3n) is 6.35. The number of nitrogens with two attached hydrogens (primary N) is 1. The number of hydrogen-bond acceptors (Lipinski definition) is 8. The average Bonchev–Trinajstić information content (AvgIpc) is 2.93. The zero-order valence-corrected chi connectivity index (χ0v) is 26.6. The Morgan fingerprint density at radius 1 is 0.881 bits per heavy atom. The van der Waals surface area contributed by atoms with Crippen molar-refractivity contribution in [1.29, 1.82) is 0 Å². The molecule has 14 heteroatoms. The van der Waals surface area contributed by atoms with E-state index in [-0.39, 0.29) is 24.4 Å². The monoisotopic (exact) mass is 653 g/mol. The summed E-state index contributed by atoms with van der Waals surface area (Å²) in [6.07, 6.45) is 1.86. The number of hydrogen-bond donors (Lipinski definition) is 6. The van der Waals surface area contributed by atoms with Crippen LogP contribution in [0.15, 0.2) is 22.7 Å². The summed E-state index contributed by atoms with van der Waals surface area (Å²) in [4.78, 5) is 75.6. The van der Waals surface area contributed by atoms with Crippen molar-refractivity contribution < 1.29 is 28.8 Å². The van der Waals surface area contributed by atoms with Gasteiger partial charge in [0.2, 0.25) is 23.6 Å². The number of carbonyl (C=O) groups is 6. The fraction of sp³-hybridized carbons (Fsp3) is 0.571. The molecule has 0 aromatic heterocycles. The molecule has 0 heterocycles. The number of ketones is 1. The lowest BCUT2D eigenvalue weighted by molar-refractivity contribution is -0.131. The minimum atomic E-state index is -0.998. The molecule has 0 radical (unpaired) electrons. The Bertz CT molecular complexity index is 1110. The van der Waals surface area contributed by atoms with E-state index in [1.807, 2.05) is 0 Å². The number of anilines is 1. The quantitative estimate of drug-likeness (QED) is 0.0972. The van der Waals surface area contributed by atoms with Crippen molar-refractivity contribution >= 4 is 56.9 Å². The van der Waals surface area contributed by atoms with Gasteiger partial charge in [-0.05, 0) is 94.2 Å². The van der Waals surface area contributed by atoms with E-state index in [9.17, 15) is 28.8 Å². The van der Waals surface area contributed by atoms with E-state index in [1.165, 1.54) is 19.9 Å². The molecule has 5 amide bonds. The molecule has 0 aliphatic heterocycles. The Hall–Kier alpha value is -3.52. The topological polar surface area (TPSA) is 192 Å². The normalized spacial score (nSPS) is 12.3. The highest BCUT2D eigenvalue weighted by atomic mass is 79.9. The molecule has 0 aliphatic carbocycles. The first kappa shape index (κ1) is 36.5. The van der Waals surface area contributed by atoms with Crippen molar-refractivity contribution in [3.8, 4) is 0 Å². The summed E-state index contributed by atoms with van der Waals surface area (Å²) >= 11 is 3.24. The third-order valence-corrected chi connectivity index (χ3v) is 7.07. The van der Waals surface area contributed by atoms with Crippen molar-refractivity contribution in [2.75, 3.05) is 38.5 Å². The second-order valence-corrected chi connectivity index (χ2v) is 11.0. The summed E-state index contributed by atoms with van der Waals surface area (Å²) < 4.78 is 0.637. The van der Waals surface area contributed by atoms with Gasteiger partial charge in [0.05, 0.1) is 19.6 Å². The number of nitrogens with zero attached hydrogens (tertiary/aromatic N) is 1. The number of rotatable bonds is 18. The molecule has 1 aromatic carbocycles. The molecule has 0 fully saturated rings. The van der Waals surface area contributed by atoms with E-state index < -0.39 is 48.2 Å². The van der Waals surface area contributed by atoms with Gasteiger partial charge in [-0.25, -0.2) is 0 Å². The Morgan fingerprint density at radius 3 is 2.10 bits per heavy atom. The maximum atomic E-state index is 12.6. The summed E-state index contributed by atoms with van der Waals surface area (Å²) in [5.74, 6) is -3.04. The summed E-state index contributed by atoms with van der Waals surface area (Å²) in [7, 11) is 0. The Balaban J connectivity index is 2.54. The predicted octanol–water partition coefficient (Wildman–Crippen LogP) is 0.473. The Kier molecular flexibility index (Phi) is 16.4. The van der Waals surface area contributed by atoms with Gasteiger partial charge in [-0.2, -0.15) is 0 Å². The van der Waals surface area contributed by atoms with Gasteiger partial charge >= 0.3 is 0 Å². The van der Waals surface area contributed by atoms with Crippen LogP contribution < -0.4 is 32.3 Å². The van der Waals surface area contributed by atoms with Gasteiger partial charge in [-0.15, -0.1) is 0 Å². The molecule has 0 aliphatic rings. The predicted molar refractivity (Wildman–Crippen MR) is 163 cm³/mol. The van der Waals surface area contributed by atoms with Crippen LogP contribution in [0.2, 0.25) is 0 Å². The number of benzene rings is 1. The van der Waals surface area contributed by atoms with Gasteiger partial charge < -0.3 is 37.2 Å². The highest BCUT2D eigenvalue weighted by Crippen LogP contribution is 2.20. The fourth-order valence-corrected chi connectivity index (χ4v) is 4.17. The summed E-state index contributed by atoms with van der Waals surface area (Å²) in [6, 6.07) is 3.15. The Labute approximate surface area is 255 Å². The van der Waals surface area contributed by atoms with Crippen molar-refractivity contribution in [1.82, 2.24) is 31.5 Å². The number of amides is 5. The maximum absolute atomic E-state index is 12.6. The first-order valence-electron chi connectivity index (χ1n) is 14.0. The zero-order chi connectivity index (χ0) is 31.8. The highest BCUT2D eigenvalue weighted by Gasteiger charge is 2.22. The molecule has 1 rings (SSSR count). The molecule has 0 unspecified atom stereocenters. The number of carbonyl (C=O) groups excluding carboxylic acids is 6. The van der Waals surface area contributed by atoms with Gasteiger partial charge in [-0.3, -0.25) is 28.8 Å². The highest BCUT2D eigenvalue weighted by molar-refractivity contribution is 9.10. The molecule has 42 heavy (non-hydrogen) atoms. The van der Waals surface area contributed by atoms with Crippen LogP contribution in [0.4, 0.5) is 5.69 Å². The van der Waals surface area contributed by atoms with Crippen molar-refractivity contribution in [2.24, 2.45) is 0 Å². The molecule has 0 saturated heterocycles. The molecule has 13 nitrogen and oxygen atoms in total. The van der Waals surface area contributed by atoms with Crippen LogP contribution >= 0.6 is 15.9 Å². The molecule has 0 bridgehead atoms. The van der Waals surface area contributed by atoms with E-state index in [4.69, 9.17) is 5.73 Å². The number of halogens is 1. The molecule has 1 aromatic rings. The van der Waals surface area contributed by atoms with E-state index in [0.29, 0.717) is 29.0 Å². The van der Waals surface area contributed by atoms with Crippen LogP contribution in [0.3, 0.4) is 0 Å². The number of nitrogens with one attached hydrogen (secondary N) is 5. The Morgan fingerprint density at radius 2 is 1.50 bits per heavy atom. The van der Waals surface area contributed by atoms with Gasteiger partial charge in [0, 0.05) is 21.8 Å². The van der Waals surface area contributed by atoms with Crippen molar-refractivity contribution in [2.45, 2.75) is 72.0 Å². The number of unbranched alkanes of at least 4 members (excludes halogenated alkanes) is 1. The lowest BCUT2D eigenvalue weighted by atomic mass is 10.1. The molecule has 2 atom stereocenters. The lowest BCUT2D eigenvalue weighted by Gasteiger charge is -2.25. The first-order chi connectivity index (χ1) is 19.7. The van der Waals surface area contributed by atoms with E-state index in [1.54, 1.807) is 12.1 Å². The van der Waals surface area contributed by atoms with E-state index in [2.05, 4.69) is 68.2 Å². The summed E-state index contributed by atoms with van der Waals surface area (Å²) in [6.45, 7) is 9.90. The average molecular weight is 655 g/mol. The lowest BCUT2D eigenvalue weighted by Crippen LogP contribution is -2.52. The van der Waals surface area contributed by atoms with Crippen LogP contribution in [-0.2, 0) is 24.0 Å². The smallest absolute Gasteiger partial charge is 0.251 e. The van der Waals surface area contributed by atoms with Gasteiger partial charge in [0.1, 0.15) is 17.9 Å². The van der Waals surface area contributed by atoms with Crippen molar-refractivity contribution in [3.05, 3.63) is 28.2 Å². The third kappa shape index (κ3) is 13.9. The van der Waals surface area contributed by atoms with E-state index >= 15 is 0 Å². The molecular formula is C28H44BrN7O6. The molecule has 234 valence electrons. The summed E-state index contributed by atoms with van der Waals surface area (Å²) in [5, 5.41) is 12.5. The minimum Gasteiger partial charge on any atom is -0.398 e. The molecule has 0 spiro atoms. The van der Waals surface area contributed by atoms with Gasteiger partial charge in [0.15, 0.2) is 0 Å². The zero-order valence-electron chi connectivity index (χ0n) is 25.0. The molecule has 7 N–H and O–H groups in total. The second kappa shape index (κ2) is 18.8. The SMILES string of the molecule is CCN(CCCC[C@H](NC(=O)CNC(=O)[C@H](C)NC(=O)CNC(=O)c1ccc(Br)c(N)c1)C(=O)NCC(C)=O)C(C)C. The standard InChI is InChI=1S/C28H44BrN7O6/c1-6-36(17(2)3)12-8-7-9-23(28(42)31-14-18(4)37)35-25(39)16-32-26(40)19(5)34-24(38)15-33-27(41)20-10-11-21(29)22(30)13-20/h10-11,13,17,19,23H,6-9,12,14-16,30H2,1-5H3,(H,31,42)(H,32,40)(H,33,41)(H,34,38)(H,35,39)/t19-,23-/m0/s1. The maximum Gasteiger partial charge on any atom is 0.251 e. The number of Topliss-reactive ketones (excluding diaryl/α,β-unsaturated/α-hetero) is 1. The second-order valence-electron chi connectivity index (χ2n) is 10.2. The molecular weight excluding hydrogens is 610 g/mol. The number of nitrogen functional groups attached to an aromatic ring is 1. The van der Waals surface area contributed by atoms with Crippen LogP contribution in [-0.4, -0.2) is 91.1 Å².